The molecule has 0 amide bonds. The molecule has 5 heteroatoms. The van der Waals surface area contributed by atoms with Gasteiger partial charge in [-0.3, -0.25) is 0 Å². The fraction of sp³-hybridized carbons (Fsp3) is 0.0769. The summed E-state index contributed by atoms with van der Waals surface area (Å²) in [6.07, 6.45) is 3.59. The zero-order valence-electron chi connectivity index (χ0n) is 9.74. The van der Waals surface area contributed by atoms with E-state index in [1.54, 1.807) is 10.7 Å². The molecule has 0 atom stereocenters. The predicted octanol–water partition coefficient (Wildman–Crippen LogP) is 1.93. The van der Waals surface area contributed by atoms with E-state index in [4.69, 9.17) is 5.73 Å². The molecule has 0 spiro atoms. The molecule has 2 aromatic heterocycles. The zero-order chi connectivity index (χ0) is 12.4. The highest BCUT2D eigenvalue weighted by molar-refractivity contribution is 5.61. The van der Waals surface area contributed by atoms with Crippen LogP contribution in [0.2, 0.25) is 0 Å². The molecule has 3 rings (SSSR count). The van der Waals surface area contributed by atoms with Crippen molar-refractivity contribution in [3.8, 4) is 0 Å². The average Bonchev–Trinajstić information content (AvgIpc) is 2.87. The molecule has 0 unspecified atom stereocenters. The molecule has 5 nitrogen and oxygen atoms in total. The topological polar surface area (TPSA) is 68.2 Å². The third kappa shape index (κ3) is 1.91. The van der Waals surface area contributed by atoms with Gasteiger partial charge in [-0.1, -0.05) is 18.2 Å². The van der Waals surface area contributed by atoms with Crippen molar-refractivity contribution in [2.75, 3.05) is 5.32 Å². The van der Waals surface area contributed by atoms with Crippen LogP contribution < -0.4 is 11.1 Å². The second kappa shape index (κ2) is 4.46. The van der Waals surface area contributed by atoms with E-state index in [0.717, 1.165) is 22.7 Å². The van der Waals surface area contributed by atoms with Gasteiger partial charge in [-0.05, 0) is 17.7 Å². The largest absolute Gasteiger partial charge is 0.340 e. The van der Waals surface area contributed by atoms with Gasteiger partial charge < -0.3 is 11.1 Å². The quantitative estimate of drug-likeness (QED) is 0.732. The Morgan fingerprint density at radius 2 is 2.06 bits per heavy atom. The number of hydrogen-bond acceptors (Lipinski definition) is 4. The smallest absolute Gasteiger partial charge is 0.157 e. The van der Waals surface area contributed by atoms with Crippen molar-refractivity contribution < 1.29 is 0 Å². The van der Waals surface area contributed by atoms with Gasteiger partial charge in [0.05, 0.1) is 6.20 Å². The van der Waals surface area contributed by atoms with Gasteiger partial charge in [0.15, 0.2) is 5.65 Å². The van der Waals surface area contributed by atoms with Crippen LogP contribution in [0.1, 0.15) is 5.56 Å². The first-order valence-corrected chi connectivity index (χ1v) is 5.72. The Morgan fingerprint density at radius 3 is 2.94 bits per heavy atom. The Bertz CT molecular complexity index is 674. The number of hydrogen-bond donors (Lipinski definition) is 2. The number of fused-ring (bicyclic) bond motifs is 1. The fourth-order valence-electron chi connectivity index (χ4n) is 1.84. The summed E-state index contributed by atoms with van der Waals surface area (Å²) in [5.74, 6) is 0.781. The highest BCUT2D eigenvalue weighted by Crippen LogP contribution is 2.19. The molecule has 0 radical (unpaired) electrons. The molecule has 0 bridgehead atoms. The molecule has 2 heterocycles. The van der Waals surface area contributed by atoms with Gasteiger partial charge in [0.25, 0.3) is 0 Å². The van der Waals surface area contributed by atoms with E-state index in [9.17, 15) is 0 Å². The summed E-state index contributed by atoms with van der Waals surface area (Å²) >= 11 is 0. The lowest BCUT2D eigenvalue weighted by Gasteiger charge is -2.09. The maximum Gasteiger partial charge on any atom is 0.157 e. The molecule has 1 aromatic carbocycles. The van der Waals surface area contributed by atoms with Crippen LogP contribution in [0.4, 0.5) is 11.5 Å². The number of anilines is 2. The number of nitrogens with one attached hydrogen (secondary N) is 1. The number of para-hydroxylation sites is 1. The Balaban J connectivity index is 1.95. The molecule has 3 N–H and O–H groups in total. The monoisotopic (exact) mass is 239 g/mol. The van der Waals surface area contributed by atoms with Crippen LogP contribution in [0.15, 0.2) is 48.8 Å². The number of nitrogens with two attached hydrogens (primary N) is 1. The zero-order valence-corrected chi connectivity index (χ0v) is 9.74. The van der Waals surface area contributed by atoms with Crippen LogP contribution in [0.25, 0.3) is 5.65 Å². The SMILES string of the molecule is NCc1ccccc1Nc1ccn2nccc2n1. The van der Waals surface area contributed by atoms with Gasteiger partial charge in [-0.2, -0.15) is 5.10 Å². The molecule has 3 aromatic rings. The molecule has 0 aliphatic heterocycles. The van der Waals surface area contributed by atoms with Crippen molar-refractivity contribution in [2.45, 2.75) is 6.54 Å². The molecule has 0 fully saturated rings. The number of nitrogens with zero attached hydrogens (tertiary/aromatic N) is 3. The molecular weight excluding hydrogens is 226 g/mol. The lowest BCUT2D eigenvalue weighted by atomic mass is 10.2. The molecule has 0 saturated carbocycles. The number of rotatable bonds is 3. The second-order valence-electron chi connectivity index (χ2n) is 3.93. The maximum atomic E-state index is 5.70. The van der Waals surface area contributed by atoms with Crippen LogP contribution >= 0.6 is 0 Å². The van der Waals surface area contributed by atoms with E-state index >= 15 is 0 Å². The molecule has 90 valence electrons. The van der Waals surface area contributed by atoms with Crippen molar-refractivity contribution in [3.05, 3.63) is 54.4 Å². The van der Waals surface area contributed by atoms with E-state index in [1.165, 1.54) is 0 Å². The first-order chi connectivity index (χ1) is 8.86. The third-order valence-corrected chi connectivity index (χ3v) is 2.76. The van der Waals surface area contributed by atoms with Crippen LogP contribution in [-0.4, -0.2) is 14.6 Å². The van der Waals surface area contributed by atoms with Gasteiger partial charge >= 0.3 is 0 Å². The fourth-order valence-corrected chi connectivity index (χ4v) is 1.84. The minimum atomic E-state index is 0.498. The second-order valence-corrected chi connectivity index (χ2v) is 3.93. The van der Waals surface area contributed by atoms with Gasteiger partial charge in [0.2, 0.25) is 0 Å². The normalized spacial score (nSPS) is 10.7. The summed E-state index contributed by atoms with van der Waals surface area (Å²) in [6, 6.07) is 11.7. The average molecular weight is 239 g/mol. The van der Waals surface area contributed by atoms with Crippen molar-refractivity contribution >= 4 is 17.2 Å². The predicted molar refractivity (Wildman–Crippen MR) is 70.6 cm³/mol. The van der Waals surface area contributed by atoms with Crippen LogP contribution in [0.5, 0.6) is 0 Å². The summed E-state index contributed by atoms with van der Waals surface area (Å²) in [7, 11) is 0. The molecule has 0 saturated heterocycles. The minimum absolute atomic E-state index is 0.498. The third-order valence-electron chi connectivity index (χ3n) is 2.76. The van der Waals surface area contributed by atoms with Gasteiger partial charge in [0, 0.05) is 24.5 Å². The summed E-state index contributed by atoms with van der Waals surface area (Å²) in [5, 5.41) is 7.38. The van der Waals surface area contributed by atoms with Gasteiger partial charge in [0.1, 0.15) is 5.82 Å². The van der Waals surface area contributed by atoms with E-state index in [-0.39, 0.29) is 0 Å². The Morgan fingerprint density at radius 1 is 1.17 bits per heavy atom. The molecular formula is C13H13N5. The highest BCUT2D eigenvalue weighted by atomic mass is 15.2. The summed E-state index contributed by atoms with van der Waals surface area (Å²) in [5.41, 5.74) is 8.56. The van der Waals surface area contributed by atoms with Gasteiger partial charge in [-0.15, -0.1) is 0 Å². The first-order valence-electron chi connectivity index (χ1n) is 5.72. The number of benzene rings is 1. The van der Waals surface area contributed by atoms with Crippen molar-refractivity contribution in [1.29, 1.82) is 0 Å². The van der Waals surface area contributed by atoms with Crippen LogP contribution in [0, 0.1) is 0 Å². The molecule has 0 aliphatic carbocycles. The van der Waals surface area contributed by atoms with E-state index in [2.05, 4.69) is 15.4 Å². The van der Waals surface area contributed by atoms with Crippen LogP contribution in [-0.2, 0) is 6.54 Å². The minimum Gasteiger partial charge on any atom is -0.340 e. The van der Waals surface area contributed by atoms with Crippen LogP contribution in [0.3, 0.4) is 0 Å². The lowest BCUT2D eigenvalue weighted by molar-refractivity contribution is 0.940. The Kier molecular flexibility index (Phi) is 2.66. The van der Waals surface area contributed by atoms with Crippen molar-refractivity contribution in [1.82, 2.24) is 14.6 Å². The van der Waals surface area contributed by atoms with E-state index in [1.807, 2.05) is 42.6 Å². The standard InChI is InChI=1S/C13H13N5/c14-9-10-3-1-2-4-11(10)16-12-6-8-18-13(17-12)5-7-15-18/h1-8H,9,14H2,(H,16,17). The Labute approximate surface area is 104 Å². The number of aromatic nitrogens is 3. The first kappa shape index (κ1) is 10.7. The van der Waals surface area contributed by atoms with E-state index < -0.39 is 0 Å². The summed E-state index contributed by atoms with van der Waals surface area (Å²) < 4.78 is 1.72. The Hall–Kier alpha value is -2.40. The highest BCUT2D eigenvalue weighted by Gasteiger charge is 2.02. The van der Waals surface area contributed by atoms with Crippen molar-refractivity contribution in [2.24, 2.45) is 5.73 Å². The lowest BCUT2D eigenvalue weighted by Crippen LogP contribution is -2.03. The summed E-state index contributed by atoms with van der Waals surface area (Å²) in [4.78, 5) is 4.45. The van der Waals surface area contributed by atoms with E-state index in [0.29, 0.717) is 6.54 Å². The van der Waals surface area contributed by atoms with Gasteiger partial charge in [-0.25, -0.2) is 9.50 Å². The molecule has 0 aliphatic rings. The maximum absolute atomic E-state index is 5.70. The summed E-state index contributed by atoms with van der Waals surface area (Å²) in [6.45, 7) is 0.498. The molecule has 18 heavy (non-hydrogen) atoms. The van der Waals surface area contributed by atoms with Crippen molar-refractivity contribution in [3.63, 3.8) is 0 Å².